The van der Waals surface area contributed by atoms with Crippen LogP contribution in [0.4, 0.5) is 18.9 Å². The molecule has 0 aromatic heterocycles. The number of benzene rings is 2. The van der Waals surface area contributed by atoms with Gasteiger partial charge in [-0.1, -0.05) is 35.9 Å². The molecule has 2 aromatic carbocycles. The van der Waals surface area contributed by atoms with E-state index in [2.05, 4.69) is 10.2 Å². The molecule has 1 amide bonds. The van der Waals surface area contributed by atoms with Crippen LogP contribution in [0.15, 0.2) is 48.5 Å². The van der Waals surface area contributed by atoms with E-state index in [1.54, 1.807) is 0 Å². The van der Waals surface area contributed by atoms with Gasteiger partial charge < -0.3 is 5.32 Å². The average molecular weight is 412 g/mol. The maximum absolute atomic E-state index is 13.0. The van der Waals surface area contributed by atoms with Crippen molar-refractivity contribution in [2.24, 2.45) is 0 Å². The van der Waals surface area contributed by atoms with Gasteiger partial charge in [0.05, 0.1) is 17.8 Å². The number of nitrogens with one attached hydrogen (secondary N) is 1. The highest BCUT2D eigenvalue weighted by atomic mass is 35.5. The number of alkyl halides is 3. The number of halogens is 4. The lowest BCUT2D eigenvalue weighted by Crippen LogP contribution is -2.48. The first kappa shape index (κ1) is 20.6. The second kappa shape index (κ2) is 8.94. The normalized spacial score (nSPS) is 16.1. The Balaban J connectivity index is 1.48. The third kappa shape index (κ3) is 5.70. The summed E-state index contributed by atoms with van der Waals surface area (Å²) in [6.45, 7) is 3.81. The summed E-state index contributed by atoms with van der Waals surface area (Å²) >= 11 is 5.89. The predicted octanol–water partition coefficient (Wildman–Crippen LogP) is 4.12. The first-order valence-corrected chi connectivity index (χ1v) is 9.34. The third-order valence-electron chi connectivity index (χ3n) is 4.66. The Bertz CT molecular complexity index is 803. The van der Waals surface area contributed by atoms with Gasteiger partial charge in [0, 0.05) is 37.7 Å². The zero-order valence-electron chi connectivity index (χ0n) is 15.2. The molecule has 1 heterocycles. The summed E-state index contributed by atoms with van der Waals surface area (Å²) in [7, 11) is 0. The first-order valence-electron chi connectivity index (χ1n) is 8.96. The van der Waals surface area contributed by atoms with E-state index in [9.17, 15) is 18.0 Å². The Labute approximate surface area is 166 Å². The molecule has 1 saturated heterocycles. The van der Waals surface area contributed by atoms with E-state index in [1.165, 1.54) is 23.8 Å². The van der Waals surface area contributed by atoms with Crippen LogP contribution < -0.4 is 5.32 Å². The van der Waals surface area contributed by atoms with Crippen LogP contribution in [-0.4, -0.2) is 48.4 Å². The summed E-state index contributed by atoms with van der Waals surface area (Å²) in [6.07, 6.45) is -4.50. The lowest BCUT2D eigenvalue weighted by atomic mass is 10.1. The summed E-state index contributed by atoms with van der Waals surface area (Å²) in [5, 5.41) is 3.09. The van der Waals surface area contributed by atoms with E-state index < -0.39 is 17.6 Å². The average Bonchev–Trinajstić information content (AvgIpc) is 2.65. The largest absolute Gasteiger partial charge is 0.418 e. The molecular weight excluding hydrogens is 391 g/mol. The monoisotopic (exact) mass is 411 g/mol. The van der Waals surface area contributed by atoms with Crippen LogP contribution >= 0.6 is 11.6 Å². The minimum absolute atomic E-state index is 0.0704. The molecule has 0 saturated carbocycles. The van der Waals surface area contributed by atoms with Crippen LogP contribution in [0.5, 0.6) is 0 Å². The number of nitrogens with zero attached hydrogens (tertiary/aromatic N) is 2. The lowest BCUT2D eigenvalue weighted by molar-refractivity contribution is -0.137. The SMILES string of the molecule is O=C(CN1CCN(Cc2ccc(Cl)cc2)CC1)Nc1ccccc1C(F)(F)F. The molecule has 8 heteroatoms. The Hall–Kier alpha value is -2.09. The molecule has 0 aliphatic carbocycles. The molecule has 2 aromatic rings. The van der Waals surface area contributed by atoms with Crippen molar-refractivity contribution in [3.63, 3.8) is 0 Å². The van der Waals surface area contributed by atoms with Gasteiger partial charge in [-0.2, -0.15) is 13.2 Å². The van der Waals surface area contributed by atoms with Crippen molar-refractivity contribution in [1.29, 1.82) is 0 Å². The van der Waals surface area contributed by atoms with Gasteiger partial charge in [0.1, 0.15) is 0 Å². The molecule has 0 spiro atoms. The molecule has 150 valence electrons. The Kier molecular flexibility index (Phi) is 6.59. The topological polar surface area (TPSA) is 35.6 Å². The van der Waals surface area contributed by atoms with Crippen LogP contribution in [0, 0.1) is 0 Å². The number of hydrogen-bond acceptors (Lipinski definition) is 3. The van der Waals surface area contributed by atoms with Crippen LogP contribution in [-0.2, 0) is 17.5 Å². The molecule has 1 fully saturated rings. The number of hydrogen-bond donors (Lipinski definition) is 1. The molecule has 4 nitrogen and oxygen atoms in total. The van der Waals surface area contributed by atoms with Gasteiger partial charge in [-0.25, -0.2) is 0 Å². The highest BCUT2D eigenvalue weighted by Gasteiger charge is 2.33. The molecule has 0 radical (unpaired) electrons. The molecule has 28 heavy (non-hydrogen) atoms. The summed E-state index contributed by atoms with van der Waals surface area (Å²) in [5.41, 5.74) is 0.122. The molecule has 1 aliphatic heterocycles. The number of amides is 1. The van der Waals surface area contributed by atoms with Crippen molar-refractivity contribution >= 4 is 23.2 Å². The van der Waals surface area contributed by atoms with Crippen molar-refractivity contribution in [2.45, 2.75) is 12.7 Å². The Morgan fingerprint density at radius 3 is 2.21 bits per heavy atom. The van der Waals surface area contributed by atoms with Crippen LogP contribution in [0.2, 0.25) is 5.02 Å². The molecule has 0 unspecified atom stereocenters. The van der Waals surface area contributed by atoms with Crippen molar-refractivity contribution < 1.29 is 18.0 Å². The van der Waals surface area contributed by atoms with Gasteiger partial charge in [-0.15, -0.1) is 0 Å². The molecular formula is C20H21ClF3N3O. The maximum atomic E-state index is 13.0. The van der Waals surface area contributed by atoms with Gasteiger partial charge in [0.15, 0.2) is 0 Å². The van der Waals surface area contributed by atoms with Crippen molar-refractivity contribution in [3.05, 3.63) is 64.7 Å². The second-order valence-corrected chi connectivity index (χ2v) is 7.21. The third-order valence-corrected chi connectivity index (χ3v) is 4.91. The number of piperazine rings is 1. The Morgan fingerprint density at radius 1 is 0.964 bits per heavy atom. The van der Waals surface area contributed by atoms with E-state index in [4.69, 9.17) is 11.6 Å². The zero-order valence-corrected chi connectivity index (χ0v) is 15.9. The first-order chi connectivity index (χ1) is 13.3. The highest BCUT2D eigenvalue weighted by molar-refractivity contribution is 6.30. The van der Waals surface area contributed by atoms with E-state index >= 15 is 0 Å². The zero-order chi connectivity index (χ0) is 20.1. The molecule has 0 bridgehead atoms. The van der Waals surface area contributed by atoms with Gasteiger partial charge >= 0.3 is 6.18 Å². The maximum Gasteiger partial charge on any atom is 0.418 e. The minimum Gasteiger partial charge on any atom is -0.324 e. The number of anilines is 1. The standard InChI is InChI=1S/C20H21ClF3N3O/c21-16-7-5-15(6-8-16)13-26-9-11-27(12-10-26)14-19(28)25-18-4-2-1-3-17(18)20(22,23)24/h1-8H,9-14H2,(H,25,28). The fraction of sp³-hybridized carbons (Fsp3) is 0.350. The Morgan fingerprint density at radius 2 is 1.57 bits per heavy atom. The van der Waals surface area contributed by atoms with E-state index in [0.717, 1.165) is 25.7 Å². The van der Waals surface area contributed by atoms with Gasteiger partial charge in [-0.3, -0.25) is 14.6 Å². The van der Waals surface area contributed by atoms with E-state index in [-0.39, 0.29) is 12.2 Å². The van der Waals surface area contributed by atoms with E-state index in [0.29, 0.717) is 18.1 Å². The number of para-hydroxylation sites is 1. The van der Waals surface area contributed by atoms with Gasteiger partial charge in [0.25, 0.3) is 0 Å². The van der Waals surface area contributed by atoms with Crippen LogP contribution in [0.25, 0.3) is 0 Å². The smallest absolute Gasteiger partial charge is 0.324 e. The van der Waals surface area contributed by atoms with Crippen molar-refractivity contribution in [3.8, 4) is 0 Å². The fourth-order valence-corrected chi connectivity index (χ4v) is 3.31. The minimum atomic E-state index is -4.50. The predicted molar refractivity (Wildman–Crippen MR) is 103 cm³/mol. The summed E-state index contributed by atoms with van der Waals surface area (Å²) < 4.78 is 39.1. The molecule has 1 N–H and O–H groups in total. The number of carbonyl (C=O) groups excluding carboxylic acids is 1. The van der Waals surface area contributed by atoms with Crippen LogP contribution in [0.1, 0.15) is 11.1 Å². The number of carbonyl (C=O) groups is 1. The van der Waals surface area contributed by atoms with E-state index in [1.807, 2.05) is 29.2 Å². The summed E-state index contributed by atoms with van der Waals surface area (Å²) in [6, 6.07) is 12.7. The van der Waals surface area contributed by atoms with Gasteiger partial charge in [-0.05, 0) is 29.8 Å². The van der Waals surface area contributed by atoms with Gasteiger partial charge in [0.2, 0.25) is 5.91 Å². The fourth-order valence-electron chi connectivity index (χ4n) is 3.19. The number of rotatable bonds is 5. The molecule has 3 rings (SSSR count). The van der Waals surface area contributed by atoms with Crippen molar-refractivity contribution in [1.82, 2.24) is 9.80 Å². The summed E-state index contributed by atoms with van der Waals surface area (Å²) in [5.74, 6) is -0.442. The lowest BCUT2D eigenvalue weighted by Gasteiger charge is -2.34. The second-order valence-electron chi connectivity index (χ2n) is 6.77. The summed E-state index contributed by atoms with van der Waals surface area (Å²) in [4.78, 5) is 16.4. The quantitative estimate of drug-likeness (QED) is 0.804. The highest BCUT2D eigenvalue weighted by Crippen LogP contribution is 2.34. The van der Waals surface area contributed by atoms with Crippen molar-refractivity contribution in [2.75, 3.05) is 38.0 Å². The molecule has 0 atom stereocenters. The molecule has 1 aliphatic rings. The van der Waals surface area contributed by atoms with Crippen LogP contribution in [0.3, 0.4) is 0 Å².